The summed E-state index contributed by atoms with van der Waals surface area (Å²) in [5.41, 5.74) is 4.57. The summed E-state index contributed by atoms with van der Waals surface area (Å²) in [6.07, 6.45) is 2.17. The Hall–Kier alpha value is -3.15. The Morgan fingerprint density at radius 3 is 2.61 bits per heavy atom. The predicted molar refractivity (Wildman–Crippen MR) is 103 cm³/mol. The van der Waals surface area contributed by atoms with Crippen molar-refractivity contribution in [3.63, 3.8) is 0 Å². The fourth-order valence-corrected chi connectivity index (χ4v) is 2.93. The third-order valence-electron chi connectivity index (χ3n) is 4.69. The minimum Gasteiger partial charge on any atom is -0.464 e. The molecule has 6 heteroatoms. The summed E-state index contributed by atoms with van der Waals surface area (Å²) in [7, 11) is 0. The van der Waals surface area contributed by atoms with Gasteiger partial charge in [-0.25, -0.2) is 4.39 Å². The van der Waals surface area contributed by atoms with Gasteiger partial charge in [-0.15, -0.1) is 0 Å². The van der Waals surface area contributed by atoms with Crippen LogP contribution in [0.4, 0.5) is 4.39 Å². The van der Waals surface area contributed by atoms with Crippen LogP contribution in [0.2, 0.25) is 0 Å². The number of carbonyl (C=O) groups excluding carboxylic acids is 2. The van der Waals surface area contributed by atoms with E-state index in [1.807, 2.05) is 26.0 Å². The maximum atomic E-state index is 12.8. The second kappa shape index (κ2) is 8.69. The van der Waals surface area contributed by atoms with Crippen molar-refractivity contribution < 1.29 is 23.1 Å². The minimum atomic E-state index is -0.491. The van der Waals surface area contributed by atoms with Crippen molar-refractivity contribution in [2.45, 2.75) is 26.7 Å². The van der Waals surface area contributed by atoms with Crippen molar-refractivity contribution in [3.05, 3.63) is 70.7 Å². The molecule has 2 aromatic carbocycles. The fraction of sp³-hybridized carbons (Fsp3) is 0.273. The molecule has 0 saturated carbocycles. The van der Waals surface area contributed by atoms with E-state index in [9.17, 15) is 14.0 Å². The highest BCUT2D eigenvalue weighted by molar-refractivity contribution is 5.89. The summed E-state index contributed by atoms with van der Waals surface area (Å²) in [6.45, 7) is 4.02. The van der Waals surface area contributed by atoms with Gasteiger partial charge < -0.3 is 14.5 Å². The number of halogens is 1. The van der Waals surface area contributed by atoms with Crippen molar-refractivity contribution in [3.8, 4) is 0 Å². The summed E-state index contributed by atoms with van der Waals surface area (Å²) < 4.78 is 23.5. The quantitative estimate of drug-likeness (QED) is 0.633. The van der Waals surface area contributed by atoms with Gasteiger partial charge >= 0.3 is 5.97 Å². The number of nitrogens with one attached hydrogen (secondary N) is 1. The number of fused-ring (bicyclic) bond motifs is 1. The summed E-state index contributed by atoms with van der Waals surface area (Å²) >= 11 is 0. The van der Waals surface area contributed by atoms with Crippen molar-refractivity contribution in [1.29, 1.82) is 0 Å². The summed E-state index contributed by atoms with van der Waals surface area (Å²) in [6, 6.07) is 9.99. The molecule has 0 atom stereocenters. The molecule has 0 aliphatic heterocycles. The third kappa shape index (κ3) is 4.76. The Morgan fingerprint density at radius 2 is 1.86 bits per heavy atom. The van der Waals surface area contributed by atoms with Crippen molar-refractivity contribution in [2.24, 2.45) is 0 Å². The number of ether oxygens (including phenoxy) is 1. The Bertz CT molecular complexity index is 992. The maximum absolute atomic E-state index is 12.8. The highest BCUT2D eigenvalue weighted by atomic mass is 19.1. The van der Waals surface area contributed by atoms with Crippen molar-refractivity contribution in [1.82, 2.24) is 5.32 Å². The van der Waals surface area contributed by atoms with Gasteiger partial charge in [-0.05, 0) is 49.1 Å². The van der Waals surface area contributed by atoms with Gasteiger partial charge in [0.25, 0.3) is 5.91 Å². The van der Waals surface area contributed by atoms with Gasteiger partial charge in [-0.1, -0.05) is 24.3 Å². The first-order valence-electron chi connectivity index (χ1n) is 9.07. The Balaban J connectivity index is 1.44. The van der Waals surface area contributed by atoms with E-state index in [0.717, 1.165) is 33.2 Å². The van der Waals surface area contributed by atoms with Gasteiger partial charge in [0.15, 0.2) is 6.61 Å². The standard InChI is InChI=1S/C22H22FNO4/c1-14-3-8-19-17(12-28-22(19)15(14)2)11-21(26)27-13-20(25)24-10-9-16-4-6-18(23)7-5-16/h3-8,12H,9-11,13H2,1-2H3,(H,24,25). The smallest absolute Gasteiger partial charge is 0.310 e. The number of esters is 1. The average Bonchev–Trinajstić information content (AvgIpc) is 3.08. The molecule has 1 amide bonds. The highest BCUT2D eigenvalue weighted by Crippen LogP contribution is 2.26. The molecule has 1 heterocycles. The van der Waals surface area contributed by atoms with E-state index in [2.05, 4.69) is 5.32 Å². The second-order valence-electron chi connectivity index (χ2n) is 6.71. The molecule has 0 spiro atoms. The Labute approximate surface area is 162 Å². The van der Waals surface area contributed by atoms with Crippen LogP contribution in [-0.4, -0.2) is 25.0 Å². The van der Waals surface area contributed by atoms with Crippen LogP contribution in [-0.2, 0) is 27.2 Å². The lowest BCUT2D eigenvalue weighted by Gasteiger charge is -2.07. The molecule has 0 unspecified atom stereocenters. The lowest BCUT2D eigenvalue weighted by Crippen LogP contribution is -2.30. The van der Waals surface area contributed by atoms with E-state index in [1.165, 1.54) is 12.1 Å². The molecule has 1 N–H and O–H groups in total. The SMILES string of the molecule is Cc1ccc2c(CC(=O)OCC(=O)NCCc3ccc(F)cc3)coc2c1C. The van der Waals surface area contributed by atoms with Crippen LogP contribution in [0.3, 0.4) is 0 Å². The molecular weight excluding hydrogens is 361 g/mol. The molecule has 0 radical (unpaired) electrons. The number of carbonyl (C=O) groups is 2. The summed E-state index contributed by atoms with van der Waals surface area (Å²) in [5.74, 6) is -1.16. The topological polar surface area (TPSA) is 68.5 Å². The van der Waals surface area contributed by atoms with E-state index in [-0.39, 0.29) is 24.8 Å². The van der Waals surface area contributed by atoms with E-state index in [0.29, 0.717) is 13.0 Å². The molecule has 28 heavy (non-hydrogen) atoms. The van der Waals surface area contributed by atoms with E-state index in [4.69, 9.17) is 9.15 Å². The second-order valence-corrected chi connectivity index (χ2v) is 6.71. The summed E-state index contributed by atoms with van der Waals surface area (Å²) in [5, 5.41) is 3.55. The van der Waals surface area contributed by atoms with Crippen molar-refractivity contribution >= 4 is 22.8 Å². The largest absolute Gasteiger partial charge is 0.464 e. The average molecular weight is 383 g/mol. The number of benzene rings is 2. The first kappa shape index (κ1) is 19.6. The highest BCUT2D eigenvalue weighted by Gasteiger charge is 2.14. The number of aryl methyl sites for hydroxylation is 2. The van der Waals surface area contributed by atoms with E-state index in [1.54, 1.807) is 18.4 Å². The number of rotatable bonds is 7. The third-order valence-corrected chi connectivity index (χ3v) is 4.69. The van der Waals surface area contributed by atoms with Crippen LogP contribution in [0.5, 0.6) is 0 Å². The maximum Gasteiger partial charge on any atom is 0.310 e. The molecule has 3 rings (SSSR count). The molecule has 1 aromatic heterocycles. The van der Waals surface area contributed by atoms with Crippen LogP contribution < -0.4 is 5.32 Å². The zero-order valence-electron chi connectivity index (χ0n) is 15.9. The van der Waals surface area contributed by atoms with E-state index < -0.39 is 5.97 Å². The van der Waals surface area contributed by atoms with Gasteiger partial charge in [-0.2, -0.15) is 0 Å². The fourth-order valence-electron chi connectivity index (χ4n) is 2.93. The van der Waals surface area contributed by atoms with Crippen LogP contribution in [0.1, 0.15) is 22.3 Å². The van der Waals surface area contributed by atoms with Gasteiger partial charge in [0, 0.05) is 17.5 Å². The molecular formula is C22H22FNO4. The lowest BCUT2D eigenvalue weighted by atomic mass is 10.0. The normalized spacial score (nSPS) is 10.8. The van der Waals surface area contributed by atoms with Gasteiger partial charge in [0.05, 0.1) is 12.7 Å². The predicted octanol–water partition coefficient (Wildman–Crippen LogP) is 3.63. The van der Waals surface area contributed by atoms with Crippen LogP contribution >= 0.6 is 0 Å². The molecule has 0 saturated heterocycles. The molecule has 0 aliphatic carbocycles. The molecule has 5 nitrogen and oxygen atoms in total. The Kier molecular flexibility index (Phi) is 6.09. The molecule has 0 fully saturated rings. The number of hydrogen-bond acceptors (Lipinski definition) is 4. The van der Waals surface area contributed by atoms with Crippen LogP contribution in [0.15, 0.2) is 47.1 Å². The zero-order valence-corrected chi connectivity index (χ0v) is 15.9. The number of amides is 1. The van der Waals surface area contributed by atoms with Crippen LogP contribution in [0, 0.1) is 19.7 Å². The first-order valence-corrected chi connectivity index (χ1v) is 9.07. The summed E-state index contributed by atoms with van der Waals surface area (Å²) in [4.78, 5) is 23.9. The minimum absolute atomic E-state index is 0.0400. The van der Waals surface area contributed by atoms with Crippen molar-refractivity contribution in [2.75, 3.05) is 13.2 Å². The monoisotopic (exact) mass is 383 g/mol. The molecule has 0 aliphatic rings. The number of hydrogen-bond donors (Lipinski definition) is 1. The van der Waals surface area contributed by atoms with Crippen LogP contribution in [0.25, 0.3) is 11.0 Å². The van der Waals surface area contributed by atoms with E-state index >= 15 is 0 Å². The van der Waals surface area contributed by atoms with Gasteiger partial charge in [0.1, 0.15) is 11.4 Å². The zero-order chi connectivity index (χ0) is 20.1. The molecule has 3 aromatic rings. The van der Waals surface area contributed by atoms with Gasteiger partial charge in [-0.3, -0.25) is 9.59 Å². The molecule has 0 bridgehead atoms. The Morgan fingerprint density at radius 1 is 1.11 bits per heavy atom. The molecule has 146 valence electrons. The number of furan rings is 1. The van der Waals surface area contributed by atoms with Gasteiger partial charge in [0.2, 0.25) is 0 Å². The first-order chi connectivity index (χ1) is 13.4. The lowest BCUT2D eigenvalue weighted by molar-refractivity contribution is -0.147.